The van der Waals surface area contributed by atoms with E-state index in [0.29, 0.717) is 18.5 Å². The minimum Gasteiger partial charge on any atom is -0.370 e. The molecule has 1 fully saturated rings. The summed E-state index contributed by atoms with van der Waals surface area (Å²) in [5.41, 5.74) is 7.74. The summed E-state index contributed by atoms with van der Waals surface area (Å²) < 4.78 is 1.58. The number of hydrogen-bond donors (Lipinski definition) is 3. The normalized spacial score (nSPS) is 17.0. The van der Waals surface area contributed by atoms with Crippen molar-refractivity contribution in [2.24, 2.45) is 10.7 Å². The number of likely N-dealkylation sites (N-methyl/N-ethyl adjacent to an activating group) is 1. The zero-order valence-corrected chi connectivity index (χ0v) is 19.1. The first-order valence-electron chi connectivity index (χ1n) is 9.78. The van der Waals surface area contributed by atoms with Crippen molar-refractivity contribution in [3.63, 3.8) is 0 Å². The number of guanidine groups is 1. The Hall–Kier alpha value is -2.14. The maximum absolute atomic E-state index is 12.1. The standard InChI is InChI=1S/C20H29N7O.HI/c1-2-26-10-4-8-18(26)14-23-20(21)22-13-16-6-3-7-17(12-16)25-19(28)15-27-11-5-9-24-27;/h3,5-7,9,11-12,18H,2,4,8,10,13-15H2,1H3,(H,25,28)(H3,21,22,23);1H. The molecule has 0 aliphatic carbocycles. The smallest absolute Gasteiger partial charge is 0.246 e. The number of aromatic nitrogens is 2. The molecule has 8 nitrogen and oxygen atoms in total. The summed E-state index contributed by atoms with van der Waals surface area (Å²) in [5, 5.41) is 10.2. The average molecular weight is 511 g/mol. The fraction of sp³-hybridized carbons (Fsp3) is 0.450. The Labute approximate surface area is 189 Å². The fourth-order valence-corrected chi connectivity index (χ4v) is 3.49. The Kier molecular flexibility index (Phi) is 9.39. The van der Waals surface area contributed by atoms with Gasteiger partial charge in [-0.2, -0.15) is 5.10 Å². The molecule has 0 saturated carbocycles. The highest BCUT2D eigenvalue weighted by molar-refractivity contribution is 14.0. The number of benzene rings is 1. The van der Waals surface area contributed by atoms with E-state index in [9.17, 15) is 4.79 Å². The molecular weight excluding hydrogens is 481 g/mol. The van der Waals surface area contributed by atoms with Crippen LogP contribution in [0.1, 0.15) is 25.3 Å². The molecule has 29 heavy (non-hydrogen) atoms. The number of halogens is 1. The van der Waals surface area contributed by atoms with Gasteiger partial charge in [-0.1, -0.05) is 19.1 Å². The molecule has 1 aromatic carbocycles. The highest BCUT2D eigenvalue weighted by Crippen LogP contribution is 2.15. The average Bonchev–Trinajstić information content (AvgIpc) is 3.36. The quantitative estimate of drug-likeness (QED) is 0.286. The molecule has 3 rings (SSSR count). The second-order valence-electron chi connectivity index (χ2n) is 6.96. The lowest BCUT2D eigenvalue weighted by Gasteiger charge is -2.23. The van der Waals surface area contributed by atoms with E-state index >= 15 is 0 Å². The molecule has 1 aliphatic rings. The first-order chi connectivity index (χ1) is 13.6. The van der Waals surface area contributed by atoms with Gasteiger partial charge in [0.1, 0.15) is 6.54 Å². The predicted molar refractivity (Wildman–Crippen MR) is 126 cm³/mol. The van der Waals surface area contributed by atoms with E-state index in [1.165, 1.54) is 19.4 Å². The van der Waals surface area contributed by atoms with E-state index < -0.39 is 0 Å². The van der Waals surface area contributed by atoms with Crippen molar-refractivity contribution in [3.05, 3.63) is 48.3 Å². The number of likely N-dealkylation sites (tertiary alicyclic amines) is 1. The van der Waals surface area contributed by atoms with Crippen molar-refractivity contribution in [1.82, 2.24) is 20.0 Å². The zero-order chi connectivity index (χ0) is 19.8. The van der Waals surface area contributed by atoms with Gasteiger partial charge in [-0.15, -0.1) is 24.0 Å². The Morgan fingerprint density at radius 3 is 3.00 bits per heavy atom. The number of aliphatic imine (C=N–C) groups is 1. The molecule has 2 heterocycles. The summed E-state index contributed by atoms with van der Waals surface area (Å²) in [6.45, 7) is 5.90. The van der Waals surface area contributed by atoms with Crippen molar-refractivity contribution in [3.8, 4) is 0 Å². The number of anilines is 1. The number of carbonyl (C=O) groups is 1. The van der Waals surface area contributed by atoms with Gasteiger partial charge in [-0.25, -0.2) is 4.99 Å². The van der Waals surface area contributed by atoms with Gasteiger partial charge in [0.25, 0.3) is 0 Å². The summed E-state index contributed by atoms with van der Waals surface area (Å²) in [6, 6.07) is 9.96. The number of amides is 1. The number of rotatable bonds is 8. The van der Waals surface area contributed by atoms with Crippen LogP contribution in [0, 0.1) is 0 Å². The highest BCUT2D eigenvalue weighted by Gasteiger charge is 2.22. The summed E-state index contributed by atoms with van der Waals surface area (Å²) in [6.07, 6.45) is 5.85. The second kappa shape index (κ2) is 11.8. The van der Waals surface area contributed by atoms with Crippen molar-refractivity contribution in [2.45, 2.75) is 38.9 Å². The minimum absolute atomic E-state index is 0. The third-order valence-corrected chi connectivity index (χ3v) is 4.93. The molecule has 9 heteroatoms. The van der Waals surface area contributed by atoms with Crippen molar-refractivity contribution < 1.29 is 4.79 Å². The number of nitrogens with two attached hydrogens (primary N) is 1. The number of hydrogen-bond acceptors (Lipinski definition) is 4. The maximum Gasteiger partial charge on any atom is 0.246 e. The SMILES string of the molecule is CCN1CCCC1CNC(N)=NCc1cccc(NC(=O)Cn2cccn2)c1.I. The van der Waals surface area contributed by atoms with Crippen LogP contribution in [-0.2, 0) is 17.9 Å². The zero-order valence-electron chi connectivity index (χ0n) is 16.8. The van der Waals surface area contributed by atoms with E-state index in [-0.39, 0.29) is 36.4 Å². The van der Waals surface area contributed by atoms with Crippen LogP contribution in [0.2, 0.25) is 0 Å². The van der Waals surface area contributed by atoms with E-state index in [0.717, 1.165) is 24.3 Å². The topological polar surface area (TPSA) is 101 Å². The molecule has 1 amide bonds. The number of carbonyl (C=O) groups excluding carboxylic acids is 1. The van der Waals surface area contributed by atoms with Gasteiger partial charge in [0, 0.05) is 30.7 Å². The van der Waals surface area contributed by atoms with E-state index in [1.54, 1.807) is 23.1 Å². The van der Waals surface area contributed by atoms with Gasteiger partial charge in [-0.05, 0) is 49.7 Å². The monoisotopic (exact) mass is 511 g/mol. The van der Waals surface area contributed by atoms with E-state index in [1.807, 2.05) is 24.3 Å². The first kappa shape index (κ1) is 23.1. The van der Waals surface area contributed by atoms with Crippen LogP contribution in [0.4, 0.5) is 5.69 Å². The van der Waals surface area contributed by atoms with Crippen LogP contribution in [0.3, 0.4) is 0 Å². The van der Waals surface area contributed by atoms with E-state index in [2.05, 4.69) is 32.5 Å². The first-order valence-corrected chi connectivity index (χ1v) is 9.78. The van der Waals surface area contributed by atoms with Crippen molar-refractivity contribution >= 4 is 41.5 Å². The minimum atomic E-state index is -0.123. The summed E-state index contributed by atoms with van der Waals surface area (Å²) >= 11 is 0. The van der Waals surface area contributed by atoms with Crippen LogP contribution < -0.4 is 16.4 Å². The van der Waals surface area contributed by atoms with Gasteiger partial charge in [0.2, 0.25) is 5.91 Å². The third kappa shape index (κ3) is 7.32. The summed E-state index contributed by atoms with van der Waals surface area (Å²) in [5.74, 6) is 0.332. The van der Waals surface area contributed by atoms with Crippen LogP contribution >= 0.6 is 24.0 Å². The van der Waals surface area contributed by atoms with Gasteiger partial charge in [0.15, 0.2) is 5.96 Å². The molecule has 1 saturated heterocycles. The van der Waals surface area contributed by atoms with Crippen molar-refractivity contribution in [2.75, 3.05) is 25.0 Å². The number of nitrogens with zero attached hydrogens (tertiary/aromatic N) is 4. The molecule has 4 N–H and O–H groups in total. The van der Waals surface area contributed by atoms with Gasteiger partial charge in [-0.3, -0.25) is 14.4 Å². The molecule has 2 aromatic rings. The van der Waals surface area contributed by atoms with Gasteiger partial charge in [0.05, 0.1) is 6.54 Å². The Balaban J connectivity index is 0.00000300. The maximum atomic E-state index is 12.1. The Morgan fingerprint density at radius 2 is 2.24 bits per heavy atom. The molecular formula is C20H30IN7O. The van der Waals surface area contributed by atoms with Crippen LogP contribution in [0.15, 0.2) is 47.7 Å². The molecule has 1 aliphatic heterocycles. The molecule has 0 spiro atoms. The largest absolute Gasteiger partial charge is 0.370 e. The van der Waals surface area contributed by atoms with E-state index in [4.69, 9.17) is 5.73 Å². The summed E-state index contributed by atoms with van der Waals surface area (Å²) in [4.78, 5) is 19.0. The van der Waals surface area contributed by atoms with Crippen LogP contribution in [0.25, 0.3) is 0 Å². The molecule has 1 aromatic heterocycles. The molecule has 1 atom stereocenters. The van der Waals surface area contributed by atoms with Crippen molar-refractivity contribution in [1.29, 1.82) is 0 Å². The third-order valence-electron chi connectivity index (χ3n) is 4.93. The molecule has 0 bridgehead atoms. The molecule has 1 unspecified atom stereocenters. The molecule has 0 radical (unpaired) electrons. The Morgan fingerprint density at radius 1 is 1.38 bits per heavy atom. The Bertz CT molecular complexity index is 794. The van der Waals surface area contributed by atoms with Gasteiger partial charge < -0.3 is 16.4 Å². The van der Waals surface area contributed by atoms with Crippen LogP contribution in [0.5, 0.6) is 0 Å². The predicted octanol–water partition coefficient (Wildman–Crippen LogP) is 2.03. The fourth-order valence-electron chi connectivity index (χ4n) is 3.49. The lowest BCUT2D eigenvalue weighted by atomic mass is 10.2. The number of nitrogens with one attached hydrogen (secondary N) is 2. The summed E-state index contributed by atoms with van der Waals surface area (Å²) in [7, 11) is 0. The van der Waals surface area contributed by atoms with Gasteiger partial charge >= 0.3 is 0 Å². The molecule has 158 valence electrons. The highest BCUT2D eigenvalue weighted by atomic mass is 127. The van der Waals surface area contributed by atoms with Crippen LogP contribution in [-0.4, -0.2) is 52.2 Å². The lowest BCUT2D eigenvalue weighted by molar-refractivity contribution is -0.116. The lowest BCUT2D eigenvalue weighted by Crippen LogP contribution is -2.42. The second-order valence-corrected chi connectivity index (χ2v) is 6.96.